The van der Waals surface area contributed by atoms with Crippen LogP contribution in [0.2, 0.25) is 10.0 Å². The summed E-state index contributed by atoms with van der Waals surface area (Å²) >= 11 is 12.3. The maximum Gasteiger partial charge on any atom is 0.294 e. The molecule has 34 heavy (non-hydrogen) atoms. The van der Waals surface area contributed by atoms with Crippen molar-refractivity contribution in [2.75, 3.05) is 12.0 Å². The van der Waals surface area contributed by atoms with E-state index < -0.39 is 23.5 Å². The van der Waals surface area contributed by atoms with Crippen molar-refractivity contribution in [2.45, 2.75) is 6.04 Å². The van der Waals surface area contributed by atoms with Crippen LogP contribution in [0.1, 0.15) is 22.2 Å². The van der Waals surface area contributed by atoms with Crippen molar-refractivity contribution in [3.8, 4) is 5.75 Å². The minimum absolute atomic E-state index is 0.0771. The average molecular weight is 495 g/mol. The third-order valence-corrected chi connectivity index (χ3v) is 5.98. The van der Waals surface area contributed by atoms with E-state index in [0.29, 0.717) is 38.0 Å². The van der Waals surface area contributed by atoms with Crippen molar-refractivity contribution < 1.29 is 23.8 Å². The van der Waals surface area contributed by atoms with Crippen LogP contribution in [0.5, 0.6) is 5.75 Å². The Balaban J connectivity index is 1.66. The Hall–Kier alpha value is -3.81. The largest absolute Gasteiger partial charge is 0.503 e. The fourth-order valence-electron chi connectivity index (χ4n) is 4.06. The van der Waals surface area contributed by atoms with Gasteiger partial charge in [-0.05, 0) is 42.0 Å². The van der Waals surface area contributed by atoms with Crippen LogP contribution in [0.25, 0.3) is 11.0 Å². The van der Waals surface area contributed by atoms with Crippen LogP contribution in [0.15, 0.2) is 82.7 Å². The molecule has 1 unspecified atom stereocenters. The van der Waals surface area contributed by atoms with Crippen LogP contribution in [0.4, 0.5) is 5.69 Å². The molecule has 9 heteroatoms. The number of halogens is 2. The monoisotopic (exact) mass is 494 g/mol. The number of fused-ring (bicyclic) bond motifs is 1. The number of aliphatic hydroxyl groups excluding tert-OH is 1. The molecular weight excluding hydrogens is 479 g/mol. The van der Waals surface area contributed by atoms with E-state index in [4.69, 9.17) is 32.4 Å². The summed E-state index contributed by atoms with van der Waals surface area (Å²) in [6.45, 7) is 0. The van der Waals surface area contributed by atoms with E-state index >= 15 is 0 Å². The summed E-state index contributed by atoms with van der Waals surface area (Å²) in [5, 5.41) is 12.2. The summed E-state index contributed by atoms with van der Waals surface area (Å²) < 4.78 is 11.1. The number of methoxy groups -OCH3 is 1. The molecule has 0 saturated carbocycles. The zero-order valence-corrected chi connectivity index (χ0v) is 19.2. The normalized spacial score (nSPS) is 15.9. The molecule has 7 nitrogen and oxygen atoms in total. The molecule has 2 aromatic heterocycles. The molecule has 170 valence electrons. The van der Waals surface area contributed by atoms with Gasteiger partial charge in [-0.3, -0.25) is 19.5 Å². The van der Waals surface area contributed by atoms with Crippen molar-refractivity contribution in [2.24, 2.45) is 0 Å². The second-order valence-corrected chi connectivity index (χ2v) is 8.45. The van der Waals surface area contributed by atoms with E-state index in [1.807, 2.05) is 0 Å². The number of carbonyl (C=O) groups is 2. The van der Waals surface area contributed by atoms with Gasteiger partial charge in [0.2, 0.25) is 5.78 Å². The van der Waals surface area contributed by atoms with Gasteiger partial charge in [0.05, 0.1) is 18.7 Å². The van der Waals surface area contributed by atoms with Gasteiger partial charge in [0.15, 0.2) is 22.9 Å². The number of carbonyl (C=O) groups excluding carboxylic acids is 2. The number of hydrogen-bond donors (Lipinski definition) is 1. The van der Waals surface area contributed by atoms with Gasteiger partial charge in [0.25, 0.3) is 5.91 Å². The fourth-order valence-corrected chi connectivity index (χ4v) is 4.47. The topological polar surface area (TPSA) is 92.9 Å². The third-order valence-electron chi connectivity index (χ3n) is 5.53. The second-order valence-electron chi connectivity index (χ2n) is 7.57. The van der Waals surface area contributed by atoms with Crippen molar-refractivity contribution in [1.29, 1.82) is 0 Å². The minimum atomic E-state index is -0.953. The second kappa shape index (κ2) is 8.52. The fraction of sp³-hybridized carbons (Fsp3) is 0.0800. The Morgan fingerprint density at radius 1 is 1.12 bits per heavy atom. The number of ether oxygens (including phenoxy) is 1. The Morgan fingerprint density at radius 2 is 1.94 bits per heavy atom. The smallest absolute Gasteiger partial charge is 0.294 e. The van der Waals surface area contributed by atoms with Gasteiger partial charge in [0, 0.05) is 39.6 Å². The first-order valence-electron chi connectivity index (χ1n) is 10.1. The molecular formula is C25H16Cl2N2O5. The lowest BCUT2D eigenvalue weighted by molar-refractivity contribution is -0.117. The number of Topliss-reactive ketones (excluding diaryl/α,β-unsaturated/α-hetero) is 1. The van der Waals surface area contributed by atoms with E-state index in [2.05, 4.69) is 4.98 Å². The van der Waals surface area contributed by atoms with Crippen molar-refractivity contribution in [3.05, 3.63) is 99.7 Å². The van der Waals surface area contributed by atoms with E-state index in [-0.39, 0.29) is 11.3 Å². The summed E-state index contributed by atoms with van der Waals surface area (Å²) in [5.41, 5.74) is 1.13. The molecule has 2 aromatic carbocycles. The van der Waals surface area contributed by atoms with Crippen molar-refractivity contribution in [3.63, 3.8) is 0 Å². The molecule has 1 aliphatic rings. The maximum absolute atomic E-state index is 13.7. The van der Waals surface area contributed by atoms with E-state index in [9.17, 15) is 14.7 Å². The Labute approximate surface area is 203 Å². The molecule has 5 rings (SSSR count). The zero-order chi connectivity index (χ0) is 24.0. The lowest BCUT2D eigenvalue weighted by Crippen LogP contribution is -2.31. The molecule has 4 aromatic rings. The first-order valence-corrected chi connectivity index (χ1v) is 10.9. The third kappa shape index (κ3) is 3.59. The number of aromatic nitrogens is 1. The van der Waals surface area contributed by atoms with Gasteiger partial charge in [-0.15, -0.1) is 0 Å². The predicted octanol–water partition coefficient (Wildman–Crippen LogP) is 5.93. The summed E-state index contributed by atoms with van der Waals surface area (Å²) in [7, 11) is 1.46. The minimum Gasteiger partial charge on any atom is -0.503 e. The zero-order valence-electron chi connectivity index (χ0n) is 17.7. The Kier molecular flexibility index (Phi) is 5.51. The highest BCUT2D eigenvalue weighted by Gasteiger charge is 2.45. The quantitative estimate of drug-likeness (QED) is 0.345. The SMILES string of the molecule is COc1cc(Cl)cc2cc(C(=O)C3=C(O)C(=O)N(c4cccc(Cl)c4)C3c3cccnc3)oc12. The number of ketones is 1. The van der Waals surface area contributed by atoms with Crippen LogP contribution < -0.4 is 9.64 Å². The first kappa shape index (κ1) is 22.0. The number of nitrogens with zero attached hydrogens (tertiary/aromatic N) is 2. The summed E-state index contributed by atoms with van der Waals surface area (Å²) in [6.07, 6.45) is 3.10. The molecule has 3 heterocycles. The molecule has 0 saturated heterocycles. The lowest BCUT2D eigenvalue weighted by atomic mass is 9.96. The molecule has 1 amide bonds. The molecule has 1 N–H and O–H groups in total. The van der Waals surface area contributed by atoms with E-state index in [1.54, 1.807) is 54.7 Å². The Bertz CT molecular complexity index is 1480. The highest BCUT2D eigenvalue weighted by molar-refractivity contribution is 6.32. The molecule has 0 aliphatic carbocycles. The number of pyridine rings is 1. The highest BCUT2D eigenvalue weighted by atomic mass is 35.5. The molecule has 0 bridgehead atoms. The van der Waals surface area contributed by atoms with Crippen LogP contribution in [0.3, 0.4) is 0 Å². The van der Waals surface area contributed by atoms with Crippen LogP contribution >= 0.6 is 23.2 Å². The number of anilines is 1. The van der Waals surface area contributed by atoms with Gasteiger partial charge in [0.1, 0.15) is 0 Å². The first-order chi connectivity index (χ1) is 16.4. The van der Waals surface area contributed by atoms with Crippen LogP contribution in [0, 0.1) is 0 Å². The number of aliphatic hydroxyl groups is 1. The predicted molar refractivity (Wildman–Crippen MR) is 128 cm³/mol. The average Bonchev–Trinajstić information content (AvgIpc) is 3.37. The highest BCUT2D eigenvalue weighted by Crippen LogP contribution is 2.43. The molecule has 0 radical (unpaired) electrons. The number of hydrogen-bond acceptors (Lipinski definition) is 6. The number of amides is 1. The standard InChI is InChI=1S/C25H16Cl2N2O5/c1-33-19-11-16(27)8-14-9-18(34-24(14)19)22(30)20-21(13-4-3-7-28-12-13)29(25(32)23(20)31)17-6-2-5-15(26)10-17/h2-12,21,31H,1H3. The number of benzene rings is 2. The maximum atomic E-state index is 13.7. The van der Waals surface area contributed by atoms with Crippen LogP contribution in [-0.4, -0.2) is 28.9 Å². The van der Waals surface area contributed by atoms with Crippen LogP contribution in [-0.2, 0) is 4.79 Å². The van der Waals surface area contributed by atoms with E-state index in [1.165, 1.54) is 24.3 Å². The summed E-state index contributed by atoms with van der Waals surface area (Å²) in [5.74, 6) is -1.79. The van der Waals surface area contributed by atoms with Gasteiger partial charge in [-0.1, -0.05) is 35.3 Å². The number of furan rings is 1. The summed E-state index contributed by atoms with van der Waals surface area (Å²) in [4.78, 5) is 32.3. The van der Waals surface area contributed by atoms with Gasteiger partial charge >= 0.3 is 0 Å². The lowest BCUT2D eigenvalue weighted by Gasteiger charge is -2.26. The molecule has 0 spiro atoms. The molecule has 1 aliphatic heterocycles. The number of rotatable bonds is 5. The van der Waals surface area contributed by atoms with E-state index in [0.717, 1.165) is 0 Å². The van der Waals surface area contributed by atoms with Gasteiger partial charge in [-0.2, -0.15) is 0 Å². The van der Waals surface area contributed by atoms with Gasteiger partial charge < -0.3 is 14.3 Å². The summed E-state index contributed by atoms with van der Waals surface area (Å²) in [6, 6.07) is 13.7. The van der Waals surface area contributed by atoms with Gasteiger partial charge in [-0.25, -0.2) is 0 Å². The molecule has 1 atom stereocenters. The van der Waals surface area contributed by atoms with Crippen molar-refractivity contribution in [1.82, 2.24) is 4.98 Å². The van der Waals surface area contributed by atoms with Crippen molar-refractivity contribution >= 4 is 51.5 Å². The molecule has 0 fully saturated rings. The Morgan fingerprint density at radius 3 is 2.65 bits per heavy atom.